The Morgan fingerprint density at radius 2 is 0.864 bits per heavy atom. The minimum atomic E-state index is -5.81. The molecule has 0 aromatic rings. The molecule has 6 aliphatic rings. The van der Waals surface area contributed by atoms with Gasteiger partial charge in [-0.2, -0.15) is 0 Å². The Bertz CT molecular complexity index is 1920. The van der Waals surface area contributed by atoms with E-state index in [0.29, 0.717) is 0 Å². The third kappa shape index (κ3) is 11.0. The van der Waals surface area contributed by atoms with Crippen molar-refractivity contribution >= 4 is 41.6 Å². The number of hydrogen-bond acceptors (Lipinski definition) is 31. The molecule has 0 aromatic heterocycles. The maximum atomic E-state index is 11.9. The van der Waals surface area contributed by atoms with Gasteiger partial charge in [-0.3, -0.25) is 16.7 Å². The lowest BCUT2D eigenvalue weighted by atomic mass is 9.96. The van der Waals surface area contributed by atoms with Gasteiger partial charge in [0.15, 0.2) is 37.4 Å². The summed E-state index contributed by atoms with van der Waals surface area (Å²) in [6, 6.07) is 0. The molecule has 6 aliphatic heterocycles. The van der Waals surface area contributed by atoms with Gasteiger partial charge in [0.05, 0.1) is 26.4 Å². The minimum absolute atomic E-state index is 0.431. The van der Waals surface area contributed by atoms with Crippen LogP contribution in [0.4, 0.5) is 0 Å². The fraction of sp³-hybridized carbons (Fsp3) is 1.00. The van der Waals surface area contributed by atoms with Crippen molar-refractivity contribution in [1.82, 2.24) is 0 Å². The zero-order valence-electron chi connectivity index (χ0n) is 28.9. The molecule has 0 aromatic carbocycles. The Balaban J connectivity index is 1.28. The fourth-order valence-electron chi connectivity index (χ4n) is 7.18. The highest BCUT2D eigenvalue weighted by Crippen LogP contribution is 2.41. The molecular weight excluding hydrogens is 913 g/mol. The highest BCUT2D eigenvalue weighted by atomic mass is 32.3. The van der Waals surface area contributed by atoms with Crippen LogP contribution in [0.5, 0.6) is 0 Å². The van der Waals surface area contributed by atoms with Gasteiger partial charge < -0.3 is 91.5 Å². The molecule has 35 heteroatoms. The van der Waals surface area contributed by atoms with Crippen molar-refractivity contribution in [3.8, 4) is 0 Å². The maximum absolute atomic E-state index is 11.9. The van der Waals surface area contributed by atoms with Gasteiger partial charge in [-0.05, 0) is 0 Å². The summed E-state index contributed by atoms with van der Waals surface area (Å²) >= 11 is 0. The molecule has 0 spiro atoms. The van der Waals surface area contributed by atoms with Gasteiger partial charge in [-0.15, -0.1) is 0 Å². The number of hydrogen-bond donors (Lipinski definition) is 6. The van der Waals surface area contributed by atoms with Gasteiger partial charge >= 0.3 is 0 Å². The van der Waals surface area contributed by atoms with Crippen molar-refractivity contribution in [1.29, 1.82) is 0 Å². The summed E-state index contributed by atoms with van der Waals surface area (Å²) in [4.78, 5) is 0. The van der Waals surface area contributed by atoms with Gasteiger partial charge in [0.2, 0.25) is 41.6 Å². The molecule has 6 N–H and O–H groups in total. The molecule has 0 unspecified atom stereocenters. The normalized spacial score (nSPS) is 45.7. The highest BCUT2D eigenvalue weighted by molar-refractivity contribution is 7.81. The fourth-order valence-corrected chi connectivity index (χ4v) is 9.14. The molecule has 31 nitrogen and oxygen atoms in total. The second kappa shape index (κ2) is 17.8. The van der Waals surface area contributed by atoms with Crippen LogP contribution in [0, 0.1) is 0 Å². The summed E-state index contributed by atoms with van der Waals surface area (Å²) < 4.78 is 207. The lowest BCUT2D eigenvalue weighted by Gasteiger charge is -2.48. The number of ether oxygens (including phenoxy) is 9. The van der Waals surface area contributed by atoms with E-state index >= 15 is 0 Å². The van der Waals surface area contributed by atoms with Crippen LogP contribution < -0.4 is 0 Å². The van der Waals surface area contributed by atoms with E-state index in [0.717, 1.165) is 0 Å². The van der Waals surface area contributed by atoms with Crippen LogP contribution in [0.25, 0.3) is 0 Å². The average Bonchev–Trinajstić information content (AvgIpc) is 3.54. The Morgan fingerprint density at radius 1 is 0.458 bits per heavy atom. The number of aliphatic hydroxyl groups excluding tert-OH is 6. The summed E-state index contributed by atoms with van der Waals surface area (Å²) in [7, 11) is -22.9. The maximum Gasteiger partial charge on any atom is 0.218 e. The molecule has 0 radical (unpaired) electrons. The molecule has 0 amide bonds. The minimum Gasteiger partial charge on any atom is -0.726 e. The first-order chi connectivity index (χ1) is 27.3. The predicted molar refractivity (Wildman–Crippen MR) is 161 cm³/mol. The van der Waals surface area contributed by atoms with Crippen LogP contribution in [-0.2, 0) is 101 Å². The molecule has 59 heavy (non-hydrogen) atoms. The van der Waals surface area contributed by atoms with E-state index in [9.17, 15) is 82.5 Å². The van der Waals surface area contributed by atoms with Gasteiger partial charge in [-0.25, -0.2) is 33.7 Å². The quantitative estimate of drug-likeness (QED) is 0.0618. The predicted octanol–water partition coefficient (Wildman–Crippen LogP) is -9.72. The lowest BCUT2D eigenvalue weighted by molar-refractivity contribution is -0.368. The van der Waals surface area contributed by atoms with Crippen molar-refractivity contribution in [3.63, 3.8) is 0 Å². The van der Waals surface area contributed by atoms with Gasteiger partial charge in [0.25, 0.3) is 0 Å². The van der Waals surface area contributed by atoms with Crippen LogP contribution in [0.1, 0.15) is 0 Å². The summed E-state index contributed by atoms with van der Waals surface area (Å²) in [6.07, 6.45) is -41.2. The molecule has 20 atom stereocenters. The van der Waals surface area contributed by atoms with E-state index in [1.165, 1.54) is 0 Å². The molecule has 6 rings (SSSR count). The van der Waals surface area contributed by atoms with Crippen molar-refractivity contribution in [2.75, 3.05) is 26.4 Å². The number of fused-ring (bicyclic) bond motifs is 4. The summed E-state index contributed by atoms with van der Waals surface area (Å²) in [5.41, 5.74) is 0. The van der Waals surface area contributed by atoms with Gasteiger partial charge in [-0.1, -0.05) is 0 Å². The smallest absolute Gasteiger partial charge is 0.218 e. The van der Waals surface area contributed by atoms with Crippen molar-refractivity contribution in [2.45, 2.75) is 123 Å². The standard InChI is InChI=1S/C24H38O31S4/c25-1-5-13(52-56(31,32)33)16(10(28)21(30)45-5)50-24-20(55-59(40,41)42)18-12(8(48-24)4-44-18)49-22-11(29)17(14(6(2-26)46-22)53-57(34,35)36)51-23-19(54-58(37,38)39)15-9(27)7(47-23)3-43-15/h5-30H,1-4H2,(H,31,32,33)(H,34,35,36)(H,37,38,39)(H,40,41,42)/p-4/t5-,6-,7-,8-,9+,10-,11-,12+,13+,14+,15+,16-,17-,18+,19-,20-,21-,22+,23-,24-/m1/s1. The molecule has 344 valence electrons. The van der Waals surface area contributed by atoms with Gasteiger partial charge in [0.1, 0.15) is 85.5 Å². The molecular formula is C24H34O31S4-4. The Morgan fingerprint density at radius 3 is 1.37 bits per heavy atom. The van der Waals surface area contributed by atoms with E-state index in [-0.39, 0.29) is 0 Å². The Hall–Kier alpha value is -1.12. The van der Waals surface area contributed by atoms with Crippen molar-refractivity contribution in [3.05, 3.63) is 0 Å². The van der Waals surface area contributed by atoms with E-state index in [4.69, 9.17) is 42.6 Å². The first-order valence-corrected chi connectivity index (χ1v) is 21.9. The first-order valence-electron chi connectivity index (χ1n) is 16.6. The zero-order chi connectivity index (χ0) is 43.6. The first kappa shape index (κ1) is 47.4. The van der Waals surface area contributed by atoms with Crippen LogP contribution >= 0.6 is 0 Å². The molecule has 0 saturated carbocycles. The molecule has 4 bridgehead atoms. The summed E-state index contributed by atoms with van der Waals surface area (Å²) in [5, 5.41) is 62.4. The van der Waals surface area contributed by atoms with Crippen molar-refractivity contribution < 1.29 is 142 Å². The van der Waals surface area contributed by atoms with Crippen LogP contribution in [-0.4, -0.2) is 232 Å². The molecule has 0 aliphatic carbocycles. The summed E-state index contributed by atoms with van der Waals surface area (Å²) in [6.45, 7) is -3.49. The Labute approximate surface area is 332 Å². The third-order valence-electron chi connectivity index (χ3n) is 9.51. The number of rotatable bonds is 16. The zero-order valence-corrected chi connectivity index (χ0v) is 32.2. The van der Waals surface area contributed by atoms with E-state index < -0.39 is 191 Å². The SMILES string of the molecule is O=S(=O)([O-])O[C@@H]1[C@H](O[C@H]2O[C@@H]3CO[C@@H]([C@H]3O[C@@H]3O[C@H](CO)[C@H](OS(=O)(=O)[O-])[C@H](O[C@H]4O[C@@H]5CO[C@@H]([C@H]5O)[C@H]4OS(=O)(=O)[O-])[C@H]3O)[C@H]2OS(=O)(=O)[O-])[C@@H](O)[C@H](O)O[C@@H]1CO. The topological polar surface area (TPSA) is 470 Å². The lowest BCUT2D eigenvalue weighted by Crippen LogP contribution is -2.66. The molecule has 6 saturated heterocycles. The van der Waals surface area contributed by atoms with Crippen LogP contribution in [0.3, 0.4) is 0 Å². The third-order valence-corrected chi connectivity index (χ3v) is 11.3. The Kier molecular flexibility index (Phi) is 14.3. The molecule has 6 fully saturated rings. The summed E-state index contributed by atoms with van der Waals surface area (Å²) in [5.74, 6) is 0. The highest BCUT2D eigenvalue weighted by Gasteiger charge is 2.61. The van der Waals surface area contributed by atoms with E-state index in [2.05, 4.69) is 16.7 Å². The largest absolute Gasteiger partial charge is 0.726 e. The van der Waals surface area contributed by atoms with E-state index in [1.54, 1.807) is 0 Å². The van der Waals surface area contributed by atoms with Crippen LogP contribution in [0.2, 0.25) is 0 Å². The number of aliphatic hydroxyl groups is 6. The van der Waals surface area contributed by atoms with E-state index in [1.807, 2.05) is 0 Å². The van der Waals surface area contributed by atoms with Gasteiger partial charge in [0, 0.05) is 0 Å². The van der Waals surface area contributed by atoms with Crippen molar-refractivity contribution in [2.24, 2.45) is 0 Å². The monoisotopic (exact) mass is 946 g/mol. The second-order valence-electron chi connectivity index (χ2n) is 13.3. The molecule has 6 heterocycles. The van der Waals surface area contributed by atoms with Crippen LogP contribution in [0.15, 0.2) is 0 Å². The average molecular weight is 947 g/mol. The second-order valence-corrected chi connectivity index (χ2v) is 17.3.